The molecule has 0 saturated heterocycles. The zero-order chi connectivity index (χ0) is 14.9. The molecule has 20 heavy (non-hydrogen) atoms. The summed E-state index contributed by atoms with van der Waals surface area (Å²) in [6.45, 7) is 7.49. The van der Waals surface area contributed by atoms with Crippen molar-refractivity contribution < 1.29 is 9.90 Å². The molecule has 0 radical (unpaired) electrons. The second-order valence-electron chi connectivity index (χ2n) is 5.28. The number of hydrogen-bond donors (Lipinski definition) is 2. The van der Waals surface area contributed by atoms with Crippen LogP contribution in [0.25, 0.3) is 0 Å². The van der Waals surface area contributed by atoms with Gasteiger partial charge in [-0.2, -0.15) is 0 Å². The number of anilines is 1. The molecular weight excluding hydrogens is 292 g/mol. The van der Waals surface area contributed by atoms with Crippen molar-refractivity contribution in [1.29, 1.82) is 0 Å². The van der Waals surface area contributed by atoms with E-state index in [4.69, 9.17) is 0 Å². The Kier molecular flexibility index (Phi) is 4.15. The van der Waals surface area contributed by atoms with Crippen LogP contribution in [0.2, 0.25) is 0 Å². The molecule has 0 saturated carbocycles. The van der Waals surface area contributed by atoms with Crippen molar-refractivity contribution in [2.45, 2.75) is 39.2 Å². The van der Waals surface area contributed by atoms with E-state index in [1.54, 1.807) is 25.2 Å². The van der Waals surface area contributed by atoms with Crippen molar-refractivity contribution in [2.24, 2.45) is 0 Å². The second kappa shape index (κ2) is 5.54. The third-order valence-electron chi connectivity index (χ3n) is 3.21. The third-order valence-corrected chi connectivity index (χ3v) is 5.16. The Morgan fingerprint density at radius 2 is 2.15 bits per heavy atom. The molecule has 2 N–H and O–H groups in total. The molecular formula is C14H18N2O2S2. The Hall–Kier alpha value is -1.40. The predicted octanol–water partition coefficient (Wildman–Crippen LogP) is 4.05. The second-order valence-corrected chi connectivity index (χ2v) is 7.46. The van der Waals surface area contributed by atoms with Gasteiger partial charge in [0, 0.05) is 15.1 Å². The summed E-state index contributed by atoms with van der Waals surface area (Å²) >= 11 is 3.20. The monoisotopic (exact) mass is 310 g/mol. The summed E-state index contributed by atoms with van der Waals surface area (Å²) in [6.07, 6.45) is 0. The van der Waals surface area contributed by atoms with Crippen LogP contribution in [0.5, 0.6) is 0 Å². The van der Waals surface area contributed by atoms with Crippen LogP contribution in [-0.2, 0) is 10.2 Å². The van der Waals surface area contributed by atoms with E-state index in [-0.39, 0.29) is 6.04 Å². The summed E-state index contributed by atoms with van der Waals surface area (Å²) in [5.41, 5.74) is -0.369. The molecule has 0 aliphatic heterocycles. The molecule has 6 heteroatoms. The maximum atomic E-state index is 11.2. The van der Waals surface area contributed by atoms with Crippen LogP contribution >= 0.6 is 22.7 Å². The number of aromatic nitrogens is 1. The van der Waals surface area contributed by atoms with Crippen molar-refractivity contribution in [2.75, 3.05) is 5.32 Å². The van der Waals surface area contributed by atoms with Gasteiger partial charge in [0.05, 0.1) is 11.7 Å². The molecule has 2 aromatic heterocycles. The van der Waals surface area contributed by atoms with Crippen LogP contribution in [0.1, 0.15) is 42.3 Å². The fourth-order valence-electron chi connectivity index (χ4n) is 1.68. The van der Waals surface area contributed by atoms with Gasteiger partial charge in [0.25, 0.3) is 0 Å². The van der Waals surface area contributed by atoms with Crippen LogP contribution in [0, 0.1) is 6.92 Å². The highest BCUT2D eigenvalue weighted by molar-refractivity contribution is 7.14. The van der Waals surface area contributed by atoms with E-state index >= 15 is 0 Å². The number of hydrogen-bond acceptors (Lipinski definition) is 5. The molecule has 1 unspecified atom stereocenters. The van der Waals surface area contributed by atoms with Crippen LogP contribution in [-0.4, -0.2) is 16.1 Å². The number of aliphatic carboxylic acids is 1. The largest absolute Gasteiger partial charge is 0.481 e. The highest BCUT2D eigenvalue weighted by atomic mass is 32.1. The summed E-state index contributed by atoms with van der Waals surface area (Å²) in [6, 6.07) is 4.37. The highest BCUT2D eigenvalue weighted by Crippen LogP contribution is 2.30. The Morgan fingerprint density at radius 3 is 2.70 bits per heavy atom. The zero-order valence-corrected chi connectivity index (χ0v) is 13.6. The Labute approximate surface area is 126 Å². The minimum Gasteiger partial charge on any atom is -0.481 e. The van der Waals surface area contributed by atoms with Crippen molar-refractivity contribution in [3.05, 3.63) is 33.0 Å². The van der Waals surface area contributed by atoms with Crippen molar-refractivity contribution in [3.63, 3.8) is 0 Å². The topological polar surface area (TPSA) is 62.2 Å². The third kappa shape index (κ3) is 3.02. The number of carbonyl (C=O) groups is 1. The highest BCUT2D eigenvalue weighted by Gasteiger charge is 2.32. The van der Waals surface area contributed by atoms with E-state index in [1.807, 2.05) is 5.38 Å². The minimum atomic E-state index is -0.959. The van der Waals surface area contributed by atoms with Gasteiger partial charge in [-0.3, -0.25) is 4.79 Å². The van der Waals surface area contributed by atoms with Crippen LogP contribution in [0.4, 0.5) is 5.13 Å². The lowest BCUT2D eigenvalue weighted by molar-refractivity contribution is -0.142. The molecule has 0 aliphatic carbocycles. The lowest BCUT2D eigenvalue weighted by Gasteiger charge is -2.16. The van der Waals surface area contributed by atoms with Gasteiger partial charge in [-0.15, -0.1) is 22.7 Å². The average molecular weight is 310 g/mol. The molecule has 0 bridgehead atoms. The summed E-state index contributed by atoms with van der Waals surface area (Å²) in [5, 5.41) is 15.1. The fraction of sp³-hybridized carbons (Fsp3) is 0.429. The van der Waals surface area contributed by atoms with Gasteiger partial charge in [0.2, 0.25) is 0 Å². The summed E-state index contributed by atoms with van der Waals surface area (Å²) in [7, 11) is 0. The molecule has 0 amide bonds. The van der Waals surface area contributed by atoms with Crippen LogP contribution < -0.4 is 5.32 Å². The quantitative estimate of drug-likeness (QED) is 0.874. The predicted molar refractivity (Wildman–Crippen MR) is 83.9 cm³/mol. The minimum absolute atomic E-state index is 0.167. The first-order valence-electron chi connectivity index (χ1n) is 6.33. The molecule has 2 aromatic rings. The van der Waals surface area contributed by atoms with Gasteiger partial charge >= 0.3 is 5.97 Å². The maximum absolute atomic E-state index is 11.2. The maximum Gasteiger partial charge on any atom is 0.315 e. The standard InChI is InChI=1S/C14H18N2O2S2/c1-8-5-6-10(20-8)9(2)15-13-16-11(7-19-13)14(3,4)12(17)18/h5-7,9H,1-4H3,(H,15,16)(H,17,18). The van der Waals surface area contributed by atoms with Gasteiger partial charge in [0.1, 0.15) is 5.41 Å². The van der Waals surface area contributed by atoms with Crippen LogP contribution in [0.15, 0.2) is 17.5 Å². The first-order chi connectivity index (χ1) is 9.30. The number of rotatable bonds is 5. The molecule has 0 aromatic carbocycles. The number of nitrogens with zero attached hydrogens (tertiary/aromatic N) is 1. The van der Waals surface area contributed by atoms with E-state index < -0.39 is 11.4 Å². The van der Waals surface area contributed by atoms with Gasteiger partial charge in [-0.25, -0.2) is 4.98 Å². The number of carboxylic acids is 1. The molecule has 0 spiro atoms. The number of nitrogens with one attached hydrogen (secondary N) is 1. The molecule has 4 nitrogen and oxygen atoms in total. The van der Waals surface area contributed by atoms with E-state index in [0.717, 1.165) is 5.13 Å². The molecule has 1 atom stereocenters. The van der Waals surface area contributed by atoms with E-state index in [2.05, 4.69) is 36.3 Å². The zero-order valence-electron chi connectivity index (χ0n) is 11.9. The Morgan fingerprint density at radius 1 is 1.45 bits per heavy atom. The molecule has 0 aliphatic rings. The van der Waals surface area contributed by atoms with E-state index in [9.17, 15) is 9.90 Å². The number of thiophene rings is 1. The SMILES string of the molecule is Cc1ccc(C(C)Nc2nc(C(C)(C)C(=O)O)cs2)s1. The van der Waals surface area contributed by atoms with Gasteiger partial charge in [-0.1, -0.05) is 0 Å². The fourth-order valence-corrected chi connectivity index (χ4v) is 3.53. The lowest BCUT2D eigenvalue weighted by atomic mass is 9.90. The number of carboxylic acid groups (broad SMARTS) is 1. The number of aryl methyl sites for hydroxylation is 1. The smallest absolute Gasteiger partial charge is 0.315 e. The normalized spacial score (nSPS) is 13.2. The van der Waals surface area contributed by atoms with E-state index in [1.165, 1.54) is 21.1 Å². The summed E-state index contributed by atoms with van der Waals surface area (Å²) < 4.78 is 0. The molecule has 2 heterocycles. The van der Waals surface area contributed by atoms with Crippen LogP contribution in [0.3, 0.4) is 0 Å². The van der Waals surface area contributed by atoms with Crippen molar-refractivity contribution >= 4 is 33.8 Å². The van der Waals surface area contributed by atoms with Gasteiger partial charge in [0.15, 0.2) is 5.13 Å². The first-order valence-corrected chi connectivity index (χ1v) is 8.02. The average Bonchev–Trinajstić information content (AvgIpc) is 2.98. The first kappa shape index (κ1) is 15.0. The molecule has 108 valence electrons. The Bertz CT molecular complexity index is 616. The number of thiazole rings is 1. The lowest BCUT2D eigenvalue weighted by Crippen LogP contribution is -2.28. The Balaban J connectivity index is 2.12. The summed E-state index contributed by atoms with van der Waals surface area (Å²) in [4.78, 5) is 18.2. The van der Waals surface area contributed by atoms with Gasteiger partial charge in [-0.05, 0) is 39.8 Å². The van der Waals surface area contributed by atoms with Crippen molar-refractivity contribution in [3.8, 4) is 0 Å². The van der Waals surface area contributed by atoms with E-state index in [0.29, 0.717) is 5.69 Å². The van der Waals surface area contributed by atoms with Gasteiger partial charge < -0.3 is 10.4 Å². The molecule has 0 fully saturated rings. The van der Waals surface area contributed by atoms with Crippen molar-refractivity contribution in [1.82, 2.24) is 4.98 Å². The summed E-state index contributed by atoms with van der Waals surface area (Å²) in [5.74, 6) is -0.865. The molecule has 2 rings (SSSR count).